The van der Waals surface area contributed by atoms with Crippen molar-refractivity contribution in [3.8, 4) is 0 Å². The number of carbonyl (C=O) groups is 1. The van der Waals surface area contributed by atoms with Crippen molar-refractivity contribution in [1.82, 2.24) is 0 Å². The lowest BCUT2D eigenvalue weighted by molar-refractivity contribution is -0.130. The van der Waals surface area contributed by atoms with Gasteiger partial charge in [-0.25, -0.2) is 9.18 Å². The molecular weight excluding hydrogens is 243 g/mol. The highest BCUT2D eigenvalue weighted by atomic mass is 19.1. The van der Waals surface area contributed by atoms with Gasteiger partial charge in [-0.3, -0.25) is 0 Å². The number of aliphatic carboxylic acids is 1. The lowest BCUT2D eigenvalue weighted by Crippen LogP contribution is -2.00. The van der Waals surface area contributed by atoms with Crippen LogP contribution in [0.4, 0.5) is 4.39 Å². The van der Waals surface area contributed by atoms with Crippen LogP contribution in [0, 0.1) is 12.7 Å². The second-order valence-corrected chi connectivity index (χ2v) is 4.25. The maximum Gasteiger partial charge on any atom is 0.336 e. The molecule has 0 spiro atoms. The van der Waals surface area contributed by atoms with Crippen molar-refractivity contribution in [2.75, 3.05) is 0 Å². The Morgan fingerprint density at radius 2 is 1.74 bits per heavy atom. The molecule has 0 atom stereocenters. The molecular formula is C16H13FO2. The van der Waals surface area contributed by atoms with Gasteiger partial charge in [-0.05, 0) is 24.6 Å². The summed E-state index contributed by atoms with van der Waals surface area (Å²) in [5.74, 6) is -1.51. The summed E-state index contributed by atoms with van der Waals surface area (Å²) in [5, 5.41) is 9.26. The average Bonchev–Trinajstić information content (AvgIpc) is 2.39. The highest BCUT2D eigenvalue weighted by Gasteiger charge is 2.11. The monoisotopic (exact) mass is 256 g/mol. The molecule has 2 rings (SSSR count). The summed E-state index contributed by atoms with van der Waals surface area (Å²) in [6.45, 7) is 1.92. The Bertz CT molecular complexity index is 627. The first kappa shape index (κ1) is 13.0. The number of halogens is 1. The number of rotatable bonds is 3. The van der Waals surface area contributed by atoms with Crippen molar-refractivity contribution < 1.29 is 14.3 Å². The predicted molar refractivity (Wildman–Crippen MR) is 73.1 cm³/mol. The van der Waals surface area contributed by atoms with E-state index in [0.29, 0.717) is 5.56 Å². The Balaban J connectivity index is 2.50. The summed E-state index contributed by atoms with van der Waals surface area (Å²) in [5.41, 5.74) is 1.94. The van der Waals surface area contributed by atoms with Crippen molar-refractivity contribution in [1.29, 1.82) is 0 Å². The minimum atomic E-state index is -1.08. The first-order valence-corrected chi connectivity index (χ1v) is 5.84. The first-order valence-electron chi connectivity index (χ1n) is 5.84. The Morgan fingerprint density at radius 1 is 1.11 bits per heavy atom. The normalized spacial score (nSPS) is 11.4. The number of hydrogen-bond donors (Lipinski definition) is 1. The molecule has 0 fully saturated rings. The smallest absolute Gasteiger partial charge is 0.336 e. The van der Waals surface area contributed by atoms with Crippen molar-refractivity contribution in [2.45, 2.75) is 6.92 Å². The van der Waals surface area contributed by atoms with Gasteiger partial charge in [0, 0.05) is 5.56 Å². The average molecular weight is 256 g/mol. The third-order valence-electron chi connectivity index (χ3n) is 2.80. The topological polar surface area (TPSA) is 37.3 Å². The van der Waals surface area contributed by atoms with Gasteiger partial charge in [0.15, 0.2) is 0 Å². The van der Waals surface area contributed by atoms with E-state index < -0.39 is 11.8 Å². The third kappa shape index (κ3) is 3.07. The molecule has 0 aliphatic carbocycles. The number of carboxylic acids is 1. The molecule has 0 heterocycles. The number of carboxylic acid groups (broad SMARTS) is 1. The fourth-order valence-electron chi connectivity index (χ4n) is 1.75. The number of aryl methyl sites for hydroxylation is 1. The van der Waals surface area contributed by atoms with E-state index in [4.69, 9.17) is 0 Å². The van der Waals surface area contributed by atoms with Crippen LogP contribution in [0.5, 0.6) is 0 Å². The molecule has 0 amide bonds. The van der Waals surface area contributed by atoms with E-state index in [2.05, 4.69) is 0 Å². The third-order valence-corrected chi connectivity index (χ3v) is 2.80. The molecule has 1 N–H and O–H groups in total. The Labute approximate surface area is 110 Å². The van der Waals surface area contributed by atoms with Gasteiger partial charge in [0.1, 0.15) is 5.82 Å². The summed E-state index contributed by atoms with van der Waals surface area (Å²) in [6, 6.07) is 13.2. The fourth-order valence-corrected chi connectivity index (χ4v) is 1.75. The van der Waals surface area contributed by atoms with Gasteiger partial charge in [0.2, 0.25) is 0 Å². The van der Waals surface area contributed by atoms with Crippen LogP contribution in [0.15, 0.2) is 48.5 Å². The quantitative estimate of drug-likeness (QED) is 0.670. The fraction of sp³-hybridized carbons (Fsp3) is 0.0625. The molecule has 0 aliphatic rings. The lowest BCUT2D eigenvalue weighted by Gasteiger charge is -2.04. The molecule has 0 radical (unpaired) electrons. The van der Waals surface area contributed by atoms with Crippen molar-refractivity contribution in [3.05, 3.63) is 71.0 Å². The van der Waals surface area contributed by atoms with E-state index in [1.807, 2.05) is 19.1 Å². The first-order chi connectivity index (χ1) is 9.08. The summed E-state index contributed by atoms with van der Waals surface area (Å²) >= 11 is 0. The van der Waals surface area contributed by atoms with E-state index in [1.165, 1.54) is 12.1 Å². The van der Waals surface area contributed by atoms with Crippen LogP contribution >= 0.6 is 0 Å². The summed E-state index contributed by atoms with van der Waals surface area (Å²) in [6.07, 6.45) is 1.35. The molecule has 3 heteroatoms. The van der Waals surface area contributed by atoms with Crippen LogP contribution in [0.1, 0.15) is 16.7 Å². The predicted octanol–water partition coefficient (Wildman–Crippen LogP) is 3.76. The molecule has 0 unspecified atom stereocenters. The Morgan fingerprint density at radius 3 is 2.32 bits per heavy atom. The molecule has 0 aromatic heterocycles. The molecule has 0 aliphatic heterocycles. The van der Waals surface area contributed by atoms with Crippen molar-refractivity contribution in [3.63, 3.8) is 0 Å². The zero-order chi connectivity index (χ0) is 13.8. The number of benzene rings is 2. The van der Waals surface area contributed by atoms with Crippen LogP contribution in [0.25, 0.3) is 11.6 Å². The van der Waals surface area contributed by atoms with Gasteiger partial charge >= 0.3 is 5.97 Å². The van der Waals surface area contributed by atoms with E-state index in [-0.39, 0.29) is 11.1 Å². The SMILES string of the molecule is Cc1ccc(/C(=C\c2ccccc2F)C(=O)O)cc1. The molecule has 2 nitrogen and oxygen atoms in total. The van der Waals surface area contributed by atoms with Crippen LogP contribution in [-0.4, -0.2) is 11.1 Å². The standard InChI is InChI=1S/C16H13FO2/c1-11-6-8-12(9-7-11)14(16(18)19)10-13-4-2-3-5-15(13)17/h2-10H,1H3,(H,18,19)/b14-10+. The Hall–Kier alpha value is -2.42. The van der Waals surface area contributed by atoms with Crippen LogP contribution in [0.2, 0.25) is 0 Å². The maximum absolute atomic E-state index is 13.6. The van der Waals surface area contributed by atoms with Gasteiger partial charge in [-0.2, -0.15) is 0 Å². The van der Waals surface area contributed by atoms with Gasteiger partial charge in [-0.1, -0.05) is 48.0 Å². The van der Waals surface area contributed by atoms with Crippen LogP contribution in [-0.2, 0) is 4.79 Å². The molecule has 0 saturated heterocycles. The minimum Gasteiger partial charge on any atom is -0.478 e. The van der Waals surface area contributed by atoms with Gasteiger partial charge in [-0.15, -0.1) is 0 Å². The molecule has 2 aromatic carbocycles. The highest BCUT2D eigenvalue weighted by molar-refractivity contribution is 6.20. The second kappa shape index (κ2) is 5.48. The zero-order valence-electron chi connectivity index (χ0n) is 10.4. The van der Waals surface area contributed by atoms with E-state index in [0.717, 1.165) is 5.56 Å². The molecule has 96 valence electrons. The van der Waals surface area contributed by atoms with Crippen LogP contribution in [0.3, 0.4) is 0 Å². The number of hydrogen-bond acceptors (Lipinski definition) is 1. The lowest BCUT2D eigenvalue weighted by atomic mass is 10.0. The highest BCUT2D eigenvalue weighted by Crippen LogP contribution is 2.20. The molecule has 0 bridgehead atoms. The van der Waals surface area contributed by atoms with E-state index in [1.54, 1.807) is 30.3 Å². The minimum absolute atomic E-state index is 0.0742. The zero-order valence-corrected chi connectivity index (χ0v) is 10.4. The van der Waals surface area contributed by atoms with E-state index in [9.17, 15) is 14.3 Å². The summed E-state index contributed by atoms with van der Waals surface area (Å²) in [7, 11) is 0. The molecule has 19 heavy (non-hydrogen) atoms. The Kier molecular flexibility index (Phi) is 3.76. The summed E-state index contributed by atoms with van der Waals surface area (Å²) < 4.78 is 13.6. The largest absolute Gasteiger partial charge is 0.478 e. The van der Waals surface area contributed by atoms with Crippen molar-refractivity contribution in [2.24, 2.45) is 0 Å². The summed E-state index contributed by atoms with van der Waals surface area (Å²) in [4.78, 5) is 11.3. The van der Waals surface area contributed by atoms with Gasteiger partial charge < -0.3 is 5.11 Å². The molecule has 2 aromatic rings. The van der Waals surface area contributed by atoms with Gasteiger partial charge in [0.05, 0.1) is 5.57 Å². The van der Waals surface area contributed by atoms with E-state index >= 15 is 0 Å². The molecule has 0 saturated carbocycles. The van der Waals surface area contributed by atoms with Crippen molar-refractivity contribution >= 4 is 17.6 Å². The van der Waals surface area contributed by atoms with Gasteiger partial charge in [0.25, 0.3) is 0 Å². The maximum atomic E-state index is 13.6. The van der Waals surface area contributed by atoms with Crippen LogP contribution < -0.4 is 0 Å². The second-order valence-electron chi connectivity index (χ2n) is 4.25.